The molecule has 0 aromatic heterocycles. The Morgan fingerprint density at radius 2 is 1.59 bits per heavy atom. The Hall–Kier alpha value is -2.86. The van der Waals surface area contributed by atoms with Crippen molar-refractivity contribution in [3.63, 3.8) is 0 Å². The van der Waals surface area contributed by atoms with Gasteiger partial charge in [0.1, 0.15) is 12.7 Å². The van der Waals surface area contributed by atoms with E-state index >= 15 is 0 Å². The number of likely N-dealkylation sites (N-methyl/N-ethyl adjacent to an activating group) is 1. The van der Waals surface area contributed by atoms with Crippen molar-refractivity contribution < 1.29 is 14.6 Å². The third-order valence-corrected chi connectivity index (χ3v) is 5.22. The molecule has 32 heavy (non-hydrogen) atoms. The van der Waals surface area contributed by atoms with Gasteiger partial charge in [-0.25, -0.2) is 0 Å². The largest absolute Gasteiger partial charge is 0.493 e. The van der Waals surface area contributed by atoms with Crippen LogP contribution in [0.15, 0.2) is 72.8 Å². The Morgan fingerprint density at radius 3 is 2.31 bits per heavy atom. The fraction of sp³-hybridized carbons (Fsp3) is 0.333. The van der Waals surface area contributed by atoms with Crippen LogP contribution in [0.5, 0.6) is 11.5 Å². The van der Waals surface area contributed by atoms with Gasteiger partial charge in [-0.15, -0.1) is 0 Å². The summed E-state index contributed by atoms with van der Waals surface area (Å²) in [5.74, 6) is 1.31. The van der Waals surface area contributed by atoms with Crippen LogP contribution >= 0.6 is 0 Å². The van der Waals surface area contributed by atoms with Crippen molar-refractivity contribution in [1.82, 2.24) is 10.2 Å². The van der Waals surface area contributed by atoms with Crippen LogP contribution in [-0.2, 0) is 19.6 Å². The Labute approximate surface area is 191 Å². The average Bonchev–Trinajstić information content (AvgIpc) is 2.78. The Morgan fingerprint density at radius 1 is 0.875 bits per heavy atom. The second kappa shape index (κ2) is 12.2. The monoisotopic (exact) mass is 434 g/mol. The summed E-state index contributed by atoms with van der Waals surface area (Å²) in [5, 5.41) is 13.9. The molecule has 0 fully saturated rings. The average molecular weight is 435 g/mol. The Kier molecular flexibility index (Phi) is 9.11. The van der Waals surface area contributed by atoms with Gasteiger partial charge in [0, 0.05) is 26.2 Å². The van der Waals surface area contributed by atoms with Crippen LogP contribution in [0.25, 0.3) is 0 Å². The van der Waals surface area contributed by atoms with E-state index in [9.17, 15) is 5.11 Å². The van der Waals surface area contributed by atoms with Crippen LogP contribution in [0.1, 0.15) is 22.3 Å². The van der Waals surface area contributed by atoms with E-state index in [1.54, 1.807) is 7.11 Å². The van der Waals surface area contributed by atoms with Gasteiger partial charge in [0.25, 0.3) is 0 Å². The maximum absolute atomic E-state index is 10.5. The zero-order valence-corrected chi connectivity index (χ0v) is 19.3. The summed E-state index contributed by atoms with van der Waals surface area (Å²) in [4.78, 5) is 2.09. The summed E-state index contributed by atoms with van der Waals surface area (Å²) in [7, 11) is 3.62. The topological polar surface area (TPSA) is 54.0 Å². The standard InChI is InChI=1S/C27H34N2O3/c1-21-8-7-11-23(14-21)16-28-17-24-12-13-26(31-3)27(15-24)32-20-25(30)19-29(2)18-22-9-5-4-6-10-22/h4-15,25,28,30H,16-20H2,1-3H3. The lowest BCUT2D eigenvalue weighted by atomic mass is 10.1. The molecule has 1 unspecified atom stereocenters. The van der Waals surface area contributed by atoms with Crippen LogP contribution in [0, 0.1) is 6.92 Å². The normalized spacial score (nSPS) is 12.0. The highest BCUT2D eigenvalue weighted by Gasteiger charge is 2.12. The van der Waals surface area contributed by atoms with Gasteiger partial charge in [-0.05, 0) is 42.8 Å². The minimum absolute atomic E-state index is 0.204. The molecule has 0 saturated heterocycles. The van der Waals surface area contributed by atoms with Crippen LogP contribution in [-0.4, -0.2) is 43.4 Å². The van der Waals surface area contributed by atoms with Crippen molar-refractivity contribution in [1.29, 1.82) is 0 Å². The third-order valence-electron chi connectivity index (χ3n) is 5.22. The Balaban J connectivity index is 1.49. The van der Waals surface area contributed by atoms with E-state index < -0.39 is 6.10 Å². The van der Waals surface area contributed by atoms with E-state index in [-0.39, 0.29) is 6.61 Å². The van der Waals surface area contributed by atoms with E-state index in [0.29, 0.717) is 18.0 Å². The minimum atomic E-state index is -0.600. The van der Waals surface area contributed by atoms with Crippen LogP contribution in [0.4, 0.5) is 0 Å². The van der Waals surface area contributed by atoms with Gasteiger partial charge in [-0.1, -0.05) is 66.2 Å². The fourth-order valence-electron chi connectivity index (χ4n) is 3.68. The molecule has 0 radical (unpaired) electrons. The smallest absolute Gasteiger partial charge is 0.161 e. The first-order valence-corrected chi connectivity index (χ1v) is 11.0. The van der Waals surface area contributed by atoms with E-state index in [0.717, 1.165) is 25.2 Å². The molecule has 170 valence electrons. The van der Waals surface area contributed by atoms with Crippen LogP contribution in [0.2, 0.25) is 0 Å². The molecule has 0 aliphatic heterocycles. The number of hydrogen-bond donors (Lipinski definition) is 2. The molecule has 0 saturated carbocycles. The van der Waals surface area contributed by atoms with Crippen molar-refractivity contribution in [3.8, 4) is 11.5 Å². The summed E-state index contributed by atoms with van der Waals surface area (Å²) in [6, 6.07) is 24.6. The van der Waals surface area contributed by atoms with Crippen molar-refractivity contribution in [3.05, 3.63) is 95.1 Å². The highest BCUT2D eigenvalue weighted by molar-refractivity contribution is 5.43. The number of nitrogens with one attached hydrogen (secondary N) is 1. The summed E-state index contributed by atoms with van der Waals surface area (Å²) in [5.41, 5.74) is 4.84. The quantitative estimate of drug-likeness (QED) is 0.448. The van der Waals surface area contributed by atoms with Crippen LogP contribution < -0.4 is 14.8 Å². The lowest BCUT2D eigenvalue weighted by molar-refractivity contribution is 0.0732. The second-order valence-corrected chi connectivity index (χ2v) is 8.22. The highest BCUT2D eigenvalue weighted by atomic mass is 16.5. The first kappa shape index (κ1) is 23.8. The highest BCUT2D eigenvalue weighted by Crippen LogP contribution is 2.28. The van der Waals surface area contributed by atoms with Crippen molar-refractivity contribution in [2.45, 2.75) is 32.7 Å². The molecular weight excluding hydrogens is 400 g/mol. The molecule has 0 aliphatic carbocycles. The zero-order chi connectivity index (χ0) is 22.8. The second-order valence-electron chi connectivity index (χ2n) is 8.22. The molecule has 0 aliphatic rings. The molecular formula is C27H34N2O3. The van der Waals surface area contributed by atoms with E-state index in [1.807, 2.05) is 43.4 Å². The summed E-state index contributed by atoms with van der Waals surface area (Å²) in [6.07, 6.45) is -0.600. The molecule has 5 nitrogen and oxygen atoms in total. The van der Waals surface area contributed by atoms with Gasteiger partial charge in [-0.2, -0.15) is 0 Å². The number of rotatable bonds is 12. The number of hydrogen-bond acceptors (Lipinski definition) is 5. The van der Waals surface area contributed by atoms with E-state index in [2.05, 4.69) is 53.5 Å². The molecule has 0 bridgehead atoms. The van der Waals surface area contributed by atoms with Gasteiger partial charge in [0.2, 0.25) is 0 Å². The maximum atomic E-state index is 10.5. The maximum Gasteiger partial charge on any atom is 0.161 e. The SMILES string of the molecule is COc1ccc(CNCc2cccc(C)c2)cc1OCC(O)CN(C)Cc1ccccc1. The fourth-order valence-corrected chi connectivity index (χ4v) is 3.68. The number of aliphatic hydroxyl groups is 1. The molecule has 3 rings (SSSR count). The lowest BCUT2D eigenvalue weighted by Crippen LogP contribution is -2.32. The predicted octanol–water partition coefficient (Wildman–Crippen LogP) is 4.17. The molecule has 1 atom stereocenters. The predicted molar refractivity (Wildman–Crippen MR) is 129 cm³/mol. The number of aryl methyl sites for hydroxylation is 1. The third kappa shape index (κ3) is 7.68. The zero-order valence-electron chi connectivity index (χ0n) is 19.3. The first-order chi connectivity index (χ1) is 15.5. The summed E-state index contributed by atoms with van der Waals surface area (Å²) < 4.78 is 11.4. The minimum Gasteiger partial charge on any atom is -0.493 e. The number of methoxy groups -OCH3 is 1. The van der Waals surface area contributed by atoms with Crippen molar-refractivity contribution >= 4 is 0 Å². The molecule has 3 aromatic carbocycles. The molecule has 5 heteroatoms. The van der Waals surface area contributed by atoms with Crippen LogP contribution in [0.3, 0.4) is 0 Å². The first-order valence-electron chi connectivity index (χ1n) is 11.0. The lowest BCUT2D eigenvalue weighted by Gasteiger charge is -2.21. The van der Waals surface area contributed by atoms with Gasteiger partial charge in [0.15, 0.2) is 11.5 Å². The number of nitrogens with zero attached hydrogens (tertiary/aromatic N) is 1. The number of ether oxygens (including phenoxy) is 2. The van der Waals surface area contributed by atoms with Gasteiger partial charge >= 0.3 is 0 Å². The van der Waals surface area contributed by atoms with E-state index in [1.165, 1.54) is 16.7 Å². The number of aliphatic hydroxyl groups excluding tert-OH is 1. The van der Waals surface area contributed by atoms with Crippen molar-refractivity contribution in [2.24, 2.45) is 0 Å². The summed E-state index contributed by atoms with van der Waals surface area (Å²) in [6.45, 7) is 5.13. The Bertz CT molecular complexity index is 962. The molecule has 0 amide bonds. The van der Waals surface area contributed by atoms with Gasteiger partial charge in [-0.3, -0.25) is 4.90 Å². The van der Waals surface area contributed by atoms with E-state index in [4.69, 9.17) is 9.47 Å². The van der Waals surface area contributed by atoms with Gasteiger partial charge in [0.05, 0.1) is 7.11 Å². The molecule has 3 aromatic rings. The van der Waals surface area contributed by atoms with Crippen molar-refractivity contribution in [2.75, 3.05) is 27.3 Å². The van der Waals surface area contributed by atoms with Gasteiger partial charge < -0.3 is 19.9 Å². The molecule has 0 heterocycles. The number of benzene rings is 3. The summed E-state index contributed by atoms with van der Waals surface area (Å²) >= 11 is 0. The molecule has 0 spiro atoms. The molecule has 2 N–H and O–H groups in total.